The summed E-state index contributed by atoms with van der Waals surface area (Å²) in [7, 11) is 0. The number of rotatable bonds is 7. The molecule has 25 heavy (non-hydrogen) atoms. The molecule has 132 valence electrons. The molecule has 0 heterocycles. The molecule has 0 spiro atoms. The first-order valence-electron chi connectivity index (χ1n) is 8.01. The molecule has 0 radical (unpaired) electrons. The molecule has 2 N–H and O–H groups in total. The minimum absolute atomic E-state index is 0.203. The molecule has 0 saturated heterocycles. The van der Waals surface area contributed by atoms with Gasteiger partial charge in [0.05, 0.1) is 16.3 Å². The molecule has 2 aromatic carbocycles. The Kier molecular flexibility index (Phi) is 6.83. The van der Waals surface area contributed by atoms with Gasteiger partial charge in [0.15, 0.2) is 6.61 Å². The second kappa shape index (κ2) is 9.08. The van der Waals surface area contributed by atoms with E-state index in [2.05, 4.69) is 10.6 Å². The lowest BCUT2D eigenvalue weighted by atomic mass is 10.1. The largest absolute Gasteiger partial charge is 0.482 e. The van der Waals surface area contributed by atoms with Crippen molar-refractivity contribution in [3.63, 3.8) is 0 Å². The summed E-state index contributed by atoms with van der Waals surface area (Å²) in [6.45, 7) is 4.39. The van der Waals surface area contributed by atoms with Crippen LogP contribution in [0.4, 0.5) is 5.69 Å². The Morgan fingerprint density at radius 3 is 2.48 bits per heavy atom. The van der Waals surface area contributed by atoms with Crippen LogP contribution in [-0.2, 0) is 4.79 Å². The number of halogens is 1. The van der Waals surface area contributed by atoms with E-state index >= 15 is 0 Å². The SMILES string of the molecule is CC(C)CNC(=O)c1ccccc1NC(=O)COc1ccccc1Cl. The monoisotopic (exact) mass is 360 g/mol. The fraction of sp³-hybridized carbons (Fsp3) is 0.263. The number of nitrogens with one attached hydrogen (secondary N) is 2. The maximum Gasteiger partial charge on any atom is 0.262 e. The van der Waals surface area contributed by atoms with Crippen molar-refractivity contribution in [1.82, 2.24) is 5.32 Å². The second-order valence-corrected chi connectivity index (χ2v) is 6.32. The molecule has 0 fully saturated rings. The molecule has 0 aromatic heterocycles. The molecule has 6 heteroatoms. The average Bonchev–Trinajstić information content (AvgIpc) is 2.59. The van der Waals surface area contributed by atoms with Gasteiger partial charge < -0.3 is 15.4 Å². The van der Waals surface area contributed by atoms with Crippen molar-refractivity contribution in [1.29, 1.82) is 0 Å². The number of hydrogen-bond donors (Lipinski definition) is 2. The second-order valence-electron chi connectivity index (χ2n) is 5.92. The number of ether oxygens (including phenoxy) is 1. The van der Waals surface area contributed by atoms with Crippen LogP contribution in [0.15, 0.2) is 48.5 Å². The van der Waals surface area contributed by atoms with Gasteiger partial charge in [-0.1, -0.05) is 49.7 Å². The molecule has 0 bridgehead atoms. The normalized spacial score (nSPS) is 10.4. The van der Waals surface area contributed by atoms with Crippen molar-refractivity contribution in [3.05, 3.63) is 59.1 Å². The van der Waals surface area contributed by atoms with Gasteiger partial charge >= 0.3 is 0 Å². The van der Waals surface area contributed by atoms with Gasteiger partial charge in [0.2, 0.25) is 0 Å². The van der Waals surface area contributed by atoms with Crippen LogP contribution in [0.5, 0.6) is 5.75 Å². The van der Waals surface area contributed by atoms with E-state index in [4.69, 9.17) is 16.3 Å². The van der Waals surface area contributed by atoms with E-state index in [-0.39, 0.29) is 18.4 Å². The van der Waals surface area contributed by atoms with Crippen LogP contribution in [0.2, 0.25) is 5.02 Å². The summed E-state index contributed by atoms with van der Waals surface area (Å²) in [5.41, 5.74) is 0.853. The van der Waals surface area contributed by atoms with Crippen LogP contribution >= 0.6 is 11.6 Å². The lowest BCUT2D eigenvalue weighted by Gasteiger charge is -2.13. The summed E-state index contributed by atoms with van der Waals surface area (Å²) in [6, 6.07) is 13.8. The molecule has 2 rings (SSSR count). The molecular formula is C19H21ClN2O3. The molecule has 0 aliphatic carbocycles. The van der Waals surface area contributed by atoms with Crippen LogP contribution in [0.25, 0.3) is 0 Å². The van der Waals surface area contributed by atoms with Crippen molar-refractivity contribution in [2.45, 2.75) is 13.8 Å². The third-order valence-electron chi connectivity index (χ3n) is 3.31. The van der Waals surface area contributed by atoms with E-state index in [1.54, 1.807) is 48.5 Å². The first-order valence-corrected chi connectivity index (χ1v) is 8.39. The highest BCUT2D eigenvalue weighted by molar-refractivity contribution is 6.32. The zero-order valence-corrected chi connectivity index (χ0v) is 15.0. The fourth-order valence-electron chi connectivity index (χ4n) is 2.07. The Bertz CT molecular complexity index is 747. The van der Waals surface area contributed by atoms with Crippen LogP contribution in [-0.4, -0.2) is 25.0 Å². The fourth-order valence-corrected chi connectivity index (χ4v) is 2.26. The highest BCUT2D eigenvalue weighted by atomic mass is 35.5. The molecule has 0 saturated carbocycles. The van der Waals surface area contributed by atoms with Crippen LogP contribution in [0.1, 0.15) is 24.2 Å². The Labute approximate surface area is 152 Å². The first-order chi connectivity index (χ1) is 12.0. The molecule has 0 unspecified atom stereocenters. The van der Waals surface area contributed by atoms with E-state index in [1.165, 1.54) is 0 Å². The van der Waals surface area contributed by atoms with Crippen molar-refractivity contribution >= 4 is 29.1 Å². The van der Waals surface area contributed by atoms with E-state index in [1.807, 2.05) is 13.8 Å². The summed E-state index contributed by atoms with van der Waals surface area (Å²) in [4.78, 5) is 24.4. The molecule has 0 atom stereocenters. The molecule has 0 aliphatic rings. The van der Waals surface area contributed by atoms with Gasteiger partial charge in [-0.3, -0.25) is 9.59 Å². The predicted molar refractivity (Wildman–Crippen MR) is 99.2 cm³/mol. The van der Waals surface area contributed by atoms with Gasteiger partial charge in [0.1, 0.15) is 5.75 Å². The summed E-state index contributed by atoms with van der Waals surface area (Å²) in [5, 5.41) is 5.97. The smallest absolute Gasteiger partial charge is 0.262 e. The van der Waals surface area contributed by atoms with E-state index < -0.39 is 0 Å². The number of para-hydroxylation sites is 2. The molecule has 2 aromatic rings. The van der Waals surface area contributed by atoms with E-state index in [0.29, 0.717) is 34.5 Å². The van der Waals surface area contributed by atoms with Gasteiger partial charge in [-0.15, -0.1) is 0 Å². The Morgan fingerprint density at radius 1 is 1.08 bits per heavy atom. The van der Waals surface area contributed by atoms with Gasteiger partial charge in [-0.25, -0.2) is 0 Å². The molecule has 0 aliphatic heterocycles. The third-order valence-corrected chi connectivity index (χ3v) is 3.62. The highest BCUT2D eigenvalue weighted by Crippen LogP contribution is 2.23. The number of benzene rings is 2. The minimum atomic E-state index is -0.371. The number of amides is 2. The van der Waals surface area contributed by atoms with Gasteiger partial charge in [-0.05, 0) is 30.2 Å². The van der Waals surface area contributed by atoms with Crippen LogP contribution in [0, 0.1) is 5.92 Å². The van der Waals surface area contributed by atoms with Crippen molar-refractivity contribution in [2.75, 3.05) is 18.5 Å². The minimum Gasteiger partial charge on any atom is -0.482 e. The standard InChI is InChI=1S/C19H21ClN2O3/c1-13(2)11-21-19(24)14-7-3-5-9-16(14)22-18(23)12-25-17-10-6-4-8-15(17)20/h3-10,13H,11-12H2,1-2H3,(H,21,24)(H,22,23). The topological polar surface area (TPSA) is 67.4 Å². The van der Waals surface area contributed by atoms with Gasteiger partial charge in [-0.2, -0.15) is 0 Å². The maximum absolute atomic E-state index is 12.3. The Hall–Kier alpha value is -2.53. The highest BCUT2D eigenvalue weighted by Gasteiger charge is 2.13. The van der Waals surface area contributed by atoms with E-state index in [9.17, 15) is 9.59 Å². The first kappa shape index (κ1) is 18.8. The van der Waals surface area contributed by atoms with Crippen LogP contribution < -0.4 is 15.4 Å². The Balaban J connectivity index is 1.98. The number of carbonyl (C=O) groups is 2. The maximum atomic E-state index is 12.3. The summed E-state index contributed by atoms with van der Waals surface area (Å²) >= 11 is 5.99. The number of anilines is 1. The summed E-state index contributed by atoms with van der Waals surface area (Å²) in [6.07, 6.45) is 0. The lowest BCUT2D eigenvalue weighted by molar-refractivity contribution is -0.118. The number of carbonyl (C=O) groups excluding carboxylic acids is 2. The third kappa shape index (κ3) is 5.80. The van der Waals surface area contributed by atoms with Gasteiger partial charge in [0, 0.05) is 6.54 Å². The molecule has 5 nitrogen and oxygen atoms in total. The van der Waals surface area contributed by atoms with Crippen molar-refractivity contribution in [3.8, 4) is 5.75 Å². The average molecular weight is 361 g/mol. The molecule has 2 amide bonds. The van der Waals surface area contributed by atoms with Crippen LogP contribution in [0.3, 0.4) is 0 Å². The number of hydrogen-bond acceptors (Lipinski definition) is 3. The zero-order chi connectivity index (χ0) is 18.2. The zero-order valence-electron chi connectivity index (χ0n) is 14.2. The molecular weight excluding hydrogens is 340 g/mol. The van der Waals surface area contributed by atoms with Gasteiger partial charge in [0.25, 0.3) is 11.8 Å². The predicted octanol–water partition coefficient (Wildman–Crippen LogP) is 3.74. The summed E-state index contributed by atoms with van der Waals surface area (Å²) in [5.74, 6) is 0.178. The lowest BCUT2D eigenvalue weighted by Crippen LogP contribution is -2.29. The quantitative estimate of drug-likeness (QED) is 0.790. The summed E-state index contributed by atoms with van der Waals surface area (Å²) < 4.78 is 5.41. The Morgan fingerprint density at radius 2 is 1.76 bits per heavy atom. The van der Waals surface area contributed by atoms with Crippen molar-refractivity contribution in [2.24, 2.45) is 5.92 Å². The van der Waals surface area contributed by atoms with E-state index in [0.717, 1.165) is 0 Å². The van der Waals surface area contributed by atoms with Crippen molar-refractivity contribution < 1.29 is 14.3 Å².